The maximum Gasteiger partial charge on any atom is 0.161 e. The predicted molar refractivity (Wildman–Crippen MR) is 221 cm³/mol. The minimum atomic E-state index is 0.466. The van der Waals surface area contributed by atoms with Crippen molar-refractivity contribution in [2.24, 2.45) is 15.0 Å². The highest BCUT2D eigenvalue weighted by molar-refractivity contribution is 6.25. The first-order valence-electron chi connectivity index (χ1n) is 17.6. The molecule has 0 atom stereocenters. The van der Waals surface area contributed by atoms with Crippen molar-refractivity contribution < 1.29 is 8.83 Å². The lowest BCUT2D eigenvalue weighted by molar-refractivity contribution is 0.669. The molecule has 0 aliphatic rings. The van der Waals surface area contributed by atoms with Crippen LogP contribution in [0, 0.1) is 0 Å². The highest BCUT2D eigenvalue weighted by atomic mass is 16.3. The second-order valence-corrected chi connectivity index (χ2v) is 13.2. The minimum absolute atomic E-state index is 0.466. The minimum Gasteiger partial charge on any atom is -0.456 e. The van der Waals surface area contributed by atoms with E-state index >= 15 is 0 Å². The van der Waals surface area contributed by atoms with E-state index in [1.54, 1.807) is 0 Å². The van der Waals surface area contributed by atoms with Crippen LogP contribution < -0.4 is 0 Å². The first-order valence-corrected chi connectivity index (χ1v) is 17.6. The van der Waals surface area contributed by atoms with Gasteiger partial charge >= 0.3 is 0 Å². The summed E-state index contributed by atoms with van der Waals surface area (Å²) in [4.78, 5) is 14.9. The summed E-state index contributed by atoms with van der Waals surface area (Å²) in [6.07, 6.45) is 0. The molecule has 0 radical (unpaired) electrons. The van der Waals surface area contributed by atoms with Crippen molar-refractivity contribution in [1.82, 2.24) is 0 Å². The zero-order chi connectivity index (χ0) is 35.3. The molecule has 5 nitrogen and oxygen atoms in total. The third-order valence-electron chi connectivity index (χ3n) is 10.1. The first-order chi connectivity index (χ1) is 26.2. The summed E-state index contributed by atoms with van der Waals surface area (Å²) in [6.45, 7) is 4.47. The van der Waals surface area contributed by atoms with Gasteiger partial charge in [0, 0.05) is 32.7 Å². The van der Waals surface area contributed by atoms with Gasteiger partial charge in [-0.1, -0.05) is 121 Å². The van der Waals surface area contributed by atoms with Crippen LogP contribution in [0.4, 0.5) is 0 Å². The molecule has 0 fully saturated rings. The Labute approximate surface area is 304 Å². The van der Waals surface area contributed by atoms with E-state index in [2.05, 4.69) is 115 Å². The number of hydrogen-bond acceptors (Lipinski definition) is 3. The van der Waals surface area contributed by atoms with E-state index in [0.717, 1.165) is 87.9 Å². The average molecular weight is 682 g/mol. The van der Waals surface area contributed by atoms with E-state index in [9.17, 15) is 0 Å². The molecule has 2 aromatic heterocycles. The first kappa shape index (κ1) is 30.7. The Hall–Kier alpha value is -7.11. The van der Waals surface area contributed by atoms with E-state index in [1.165, 1.54) is 5.39 Å². The molecule has 2 heterocycles. The van der Waals surface area contributed by atoms with Gasteiger partial charge in [-0.15, -0.1) is 0 Å². The van der Waals surface area contributed by atoms with Gasteiger partial charge in [-0.3, -0.25) is 4.99 Å². The van der Waals surface area contributed by atoms with Gasteiger partial charge in [-0.25, -0.2) is 9.98 Å². The molecule has 0 aliphatic heterocycles. The second kappa shape index (κ2) is 12.6. The number of hydrogen-bond donors (Lipinski definition) is 0. The topological polar surface area (TPSA) is 63.4 Å². The van der Waals surface area contributed by atoms with Crippen LogP contribution in [-0.4, -0.2) is 18.4 Å². The fourth-order valence-electron chi connectivity index (χ4n) is 7.55. The molecule has 0 bridgehead atoms. The fourth-order valence-corrected chi connectivity index (χ4v) is 7.55. The lowest BCUT2D eigenvalue weighted by Gasteiger charge is -2.12. The van der Waals surface area contributed by atoms with Crippen LogP contribution >= 0.6 is 0 Å². The van der Waals surface area contributed by atoms with Gasteiger partial charge in [-0.05, 0) is 87.4 Å². The molecule has 0 saturated heterocycles. The molecular weight excluding hydrogens is 651 g/mol. The third-order valence-corrected chi connectivity index (χ3v) is 10.1. The Bertz CT molecular complexity index is 3110. The zero-order valence-electron chi connectivity index (χ0n) is 28.7. The molecule has 10 aromatic rings. The van der Waals surface area contributed by atoms with Crippen LogP contribution in [0.1, 0.15) is 16.7 Å². The van der Waals surface area contributed by atoms with Crippen LogP contribution in [0.2, 0.25) is 0 Å². The Balaban J connectivity index is 1.13. The Morgan fingerprint density at radius 3 is 2.00 bits per heavy atom. The average Bonchev–Trinajstić information content (AvgIpc) is 3.79. The SMILES string of the molecule is C=NC(=NC(=NCc1ccccc1)c1cc2ccccc2c2ccccc12)c1cccc2oc3cc(-c4ccc5oc6ccccc6c5c4)ccc3c12. The second-order valence-electron chi connectivity index (χ2n) is 13.2. The summed E-state index contributed by atoms with van der Waals surface area (Å²) < 4.78 is 12.6. The van der Waals surface area contributed by atoms with Gasteiger partial charge in [-0.2, -0.15) is 0 Å². The van der Waals surface area contributed by atoms with E-state index in [4.69, 9.17) is 18.8 Å². The van der Waals surface area contributed by atoms with Gasteiger partial charge < -0.3 is 8.83 Å². The van der Waals surface area contributed by atoms with E-state index in [1.807, 2.05) is 60.7 Å². The number of fused-ring (bicyclic) bond motifs is 9. The van der Waals surface area contributed by atoms with Gasteiger partial charge in [0.1, 0.15) is 22.3 Å². The predicted octanol–water partition coefficient (Wildman–Crippen LogP) is 12.6. The van der Waals surface area contributed by atoms with Gasteiger partial charge in [0.2, 0.25) is 0 Å². The van der Waals surface area contributed by atoms with Crippen molar-refractivity contribution in [2.45, 2.75) is 6.54 Å². The summed E-state index contributed by atoms with van der Waals surface area (Å²) >= 11 is 0. The Morgan fingerprint density at radius 2 is 1.13 bits per heavy atom. The van der Waals surface area contributed by atoms with Crippen LogP contribution in [-0.2, 0) is 6.54 Å². The van der Waals surface area contributed by atoms with Crippen molar-refractivity contribution in [2.75, 3.05) is 0 Å². The van der Waals surface area contributed by atoms with Crippen LogP contribution in [0.3, 0.4) is 0 Å². The van der Waals surface area contributed by atoms with Crippen molar-refractivity contribution in [3.05, 3.63) is 180 Å². The van der Waals surface area contributed by atoms with Crippen LogP contribution in [0.15, 0.2) is 188 Å². The number of rotatable bonds is 5. The standard InChI is InChI=1S/C48H31N3O2/c1-49-47(51-48(50-29-30-12-3-2-4-13-30)41-27-33-14-5-6-15-34(33)35-16-7-8-17-36(35)41)39-19-11-21-44-46(39)38-24-22-32(28-45(38)53-44)31-23-25-43-40(26-31)37-18-9-10-20-42(37)52-43/h2-28H,1,29H2. The molecule has 0 spiro atoms. The molecule has 10 rings (SSSR count). The molecule has 5 heteroatoms. The molecule has 8 aromatic carbocycles. The smallest absolute Gasteiger partial charge is 0.161 e. The summed E-state index contributed by atoms with van der Waals surface area (Å²) in [6, 6.07) is 56.2. The molecule has 0 aliphatic carbocycles. The van der Waals surface area contributed by atoms with Crippen molar-refractivity contribution in [3.63, 3.8) is 0 Å². The van der Waals surface area contributed by atoms with Gasteiger partial charge in [0.25, 0.3) is 0 Å². The molecule has 0 N–H and O–H groups in total. The van der Waals surface area contributed by atoms with Crippen molar-refractivity contribution >= 4 is 83.8 Å². The highest BCUT2D eigenvalue weighted by Crippen LogP contribution is 2.37. The number of para-hydroxylation sites is 1. The maximum atomic E-state index is 6.53. The lowest BCUT2D eigenvalue weighted by atomic mass is 9.96. The number of amidine groups is 2. The molecule has 0 saturated carbocycles. The summed E-state index contributed by atoms with van der Waals surface area (Å²) in [5.41, 5.74) is 8.29. The molecule has 0 unspecified atom stereocenters. The van der Waals surface area contributed by atoms with Crippen molar-refractivity contribution in [1.29, 1.82) is 0 Å². The lowest BCUT2D eigenvalue weighted by Crippen LogP contribution is -2.07. The zero-order valence-corrected chi connectivity index (χ0v) is 28.7. The summed E-state index contributed by atoms with van der Waals surface area (Å²) in [5, 5.41) is 8.63. The number of nitrogens with zero attached hydrogens (tertiary/aromatic N) is 3. The molecular formula is C48H31N3O2. The van der Waals surface area contributed by atoms with Gasteiger partial charge in [0.15, 0.2) is 11.7 Å². The Morgan fingerprint density at radius 1 is 0.453 bits per heavy atom. The largest absolute Gasteiger partial charge is 0.456 e. The monoisotopic (exact) mass is 681 g/mol. The molecule has 250 valence electrons. The van der Waals surface area contributed by atoms with Crippen LogP contribution in [0.5, 0.6) is 0 Å². The Kier molecular flexibility index (Phi) is 7.29. The highest BCUT2D eigenvalue weighted by Gasteiger charge is 2.18. The fraction of sp³-hybridized carbons (Fsp3) is 0.0208. The molecule has 0 amide bonds. The number of aliphatic imine (C=N–C) groups is 3. The number of furan rings is 2. The quantitative estimate of drug-likeness (QED) is 0.103. The van der Waals surface area contributed by atoms with Gasteiger partial charge in [0.05, 0.1) is 6.54 Å². The molecule has 53 heavy (non-hydrogen) atoms. The summed E-state index contributed by atoms with van der Waals surface area (Å²) in [5.74, 6) is 1.07. The third kappa shape index (κ3) is 5.29. The van der Waals surface area contributed by atoms with Crippen molar-refractivity contribution in [3.8, 4) is 11.1 Å². The summed E-state index contributed by atoms with van der Waals surface area (Å²) in [7, 11) is 0. The normalized spacial score (nSPS) is 12.5. The van der Waals surface area contributed by atoms with E-state index in [0.29, 0.717) is 18.2 Å². The van der Waals surface area contributed by atoms with Crippen LogP contribution in [0.25, 0.3) is 76.5 Å². The van der Waals surface area contributed by atoms with E-state index in [-0.39, 0.29) is 0 Å². The van der Waals surface area contributed by atoms with E-state index < -0.39 is 0 Å². The number of benzene rings is 8. The maximum absolute atomic E-state index is 6.53.